The summed E-state index contributed by atoms with van der Waals surface area (Å²) in [5, 5.41) is 11.1. The molecule has 2 aliphatic heterocycles. The third-order valence-corrected chi connectivity index (χ3v) is 12.9. The first-order chi connectivity index (χ1) is 24.0. The number of nitrogen functional groups attached to an aromatic ring is 1. The SMILES string of the molecule is N#CCc1nc2ccccc2s1.Nc1sc2c(c1-c1nc3ccccc3s1)CCN(C1CC(F)(F)C1)C2.O=C1CCN(C2CC(F)(F)C2)CC1. The number of hydrogen-bond donors (Lipinski definition) is 1. The standard InChI is InChI=1S/C18H17F2N3S2.C9H13F2NO.C9H6N2S/c19-18(20)7-10(8-18)23-6-5-11-14(9-23)24-16(21)15(11)17-22-12-3-1-2-4-13(12)25-17;10-9(11)5-7(6-9)12-3-1-8(13)2-4-12;10-6-5-9-11-7-3-1-2-4-8(7)12-9/h1-4,10H,5-9,21H2;7H,1-6H2;1-4H,5H2. The maximum Gasteiger partial charge on any atom is 0.251 e. The Bertz CT molecular complexity index is 1960. The first-order valence-electron chi connectivity index (χ1n) is 16.7. The highest BCUT2D eigenvalue weighted by Crippen LogP contribution is 2.47. The molecule has 2 N–H and O–H groups in total. The fraction of sp³-hybridized carbons (Fsp3) is 0.444. The summed E-state index contributed by atoms with van der Waals surface area (Å²) in [6, 6.07) is 18.2. The molecule has 9 rings (SSSR count). The predicted molar refractivity (Wildman–Crippen MR) is 192 cm³/mol. The molecular formula is C36H36F4N6OS3. The second-order valence-electron chi connectivity index (χ2n) is 13.3. The van der Waals surface area contributed by atoms with Gasteiger partial charge in [-0.3, -0.25) is 14.6 Å². The van der Waals surface area contributed by atoms with Gasteiger partial charge in [-0.25, -0.2) is 27.5 Å². The number of thiazole rings is 2. The number of aromatic nitrogens is 2. The lowest BCUT2D eigenvalue weighted by molar-refractivity contribution is -0.135. The van der Waals surface area contributed by atoms with Crippen molar-refractivity contribution in [3.8, 4) is 16.6 Å². The summed E-state index contributed by atoms with van der Waals surface area (Å²) < 4.78 is 53.7. The van der Waals surface area contributed by atoms with Gasteiger partial charge in [-0.2, -0.15) is 5.26 Å². The largest absolute Gasteiger partial charge is 0.390 e. The van der Waals surface area contributed by atoms with E-state index in [-0.39, 0.29) is 43.6 Å². The number of likely N-dealkylation sites (tertiary alicyclic amines) is 1. The molecule has 5 heterocycles. The van der Waals surface area contributed by atoms with E-state index in [1.54, 1.807) is 34.0 Å². The van der Waals surface area contributed by atoms with E-state index in [2.05, 4.69) is 22.0 Å². The highest BCUT2D eigenvalue weighted by Gasteiger charge is 2.49. The summed E-state index contributed by atoms with van der Waals surface area (Å²) in [6.07, 6.45) is 2.32. The van der Waals surface area contributed by atoms with E-state index in [1.165, 1.54) is 10.4 Å². The highest BCUT2D eigenvalue weighted by molar-refractivity contribution is 7.22. The first-order valence-corrected chi connectivity index (χ1v) is 19.1. The molecule has 0 radical (unpaired) electrons. The third kappa shape index (κ3) is 7.72. The Balaban J connectivity index is 0.000000132. The Kier molecular flexibility index (Phi) is 9.97. The molecule has 50 heavy (non-hydrogen) atoms. The van der Waals surface area contributed by atoms with Crippen LogP contribution in [0.2, 0.25) is 0 Å². The molecular weight excluding hydrogens is 705 g/mol. The molecule has 262 valence electrons. The van der Waals surface area contributed by atoms with Crippen molar-refractivity contribution in [3.63, 3.8) is 0 Å². The van der Waals surface area contributed by atoms with Crippen molar-refractivity contribution in [3.05, 3.63) is 64.0 Å². The second kappa shape index (κ2) is 14.3. The number of rotatable bonds is 4. The molecule has 0 amide bonds. The minimum absolute atomic E-state index is 0.00603. The summed E-state index contributed by atoms with van der Waals surface area (Å²) in [5.41, 5.74) is 10.7. The van der Waals surface area contributed by atoms with Crippen molar-refractivity contribution >= 4 is 65.2 Å². The van der Waals surface area contributed by atoms with Gasteiger partial charge in [0, 0.05) is 87.2 Å². The quantitative estimate of drug-likeness (QED) is 0.184. The number of nitrogens with zero attached hydrogens (tertiary/aromatic N) is 5. The van der Waals surface area contributed by atoms with Crippen molar-refractivity contribution in [2.24, 2.45) is 0 Å². The van der Waals surface area contributed by atoms with Crippen molar-refractivity contribution in [1.82, 2.24) is 19.8 Å². The number of fused-ring (bicyclic) bond motifs is 3. The Labute approximate surface area is 299 Å². The van der Waals surface area contributed by atoms with Gasteiger partial charge in [-0.1, -0.05) is 24.3 Å². The number of hydrogen-bond acceptors (Lipinski definition) is 10. The number of anilines is 1. The zero-order valence-electron chi connectivity index (χ0n) is 27.2. The fourth-order valence-corrected chi connectivity index (χ4v) is 10.1. The van der Waals surface area contributed by atoms with Crippen molar-refractivity contribution < 1.29 is 22.4 Å². The lowest BCUT2D eigenvalue weighted by Crippen LogP contribution is -2.53. The molecule has 2 aliphatic carbocycles. The molecule has 14 heteroatoms. The fourth-order valence-electron chi connectivity index (χ4n) is 6.95. The smallest absolute Gasteiger partial charge is 0.251 e. The zero-order valence-corrected chi connectivity index (χ0v) is 29.7. The molecule has 0 unspecified atom stereocenters. The van der Waals surface area contributed by atoms with E-state index >= 15 is 0 Å². The molecule has 2 saturated carbocycles. The summed E-state index contributed by atoms with van der Waals surface area (Å²) in [5.74, 6) is -4.64. The van der Waals surface area contributed by atoms with E-state index in [0.29, 0.717) is 32.4 Å². The van der Waals surface area contributed by atoms with Gasteiger partial charge in [0.1, 0.15) is 15.8 Å². The number of piperidine rings is 1. The van der Waals surface area contributed by atoms with Gasteiger partial charge in [0.15, 0.2) is 0 Å². The summed E-state index contributed by atoms with van der Waals surface area (Å²) in [4.78, 5) is 25.4. The molecule has 2 aromatic carbocycles. The molecule has 3 fully saturated rings. The molecule has 7 nitrogen and oxygen atoms in total. The Morgan fingerprint density at radius 3 is 1.94 bits per heavy atom. The average Bonchev–Trinajstić information content (AvgIpc) is 3.77. The predicted octanol–water partition coefficient (Wildman–Crippen LogP) is 8.57. The van der Waals surface area contributed by atoms with Crippen molar-refractivity contribution in [2.75, 3.05) is 25.4 Å². The number of ketones is 1. The van der Waals surface area contributed by atoms with Crippen LogP contribution >= 0.6 is 34.0 Å². The monoisotopic (exact) mass is 740 g/mol. The summed E-state index contributed by atoms with van der Waals surface area (Å²) in [7, 11) is 0. The number of carbonyl (C=O) groups is 1. The van der Waals surface area contributed by atoms with Crippen molar-refractivity contribution in [1.29, 1.82) is 5.26 Å². The maximum absolute atomic E-state index is 13.2. The molecule has 0 atom stereocenters. The lowest BCUT2D eigenvalue weighted by atomic mass is 9.85. The van der Waals surface area contributed by atoms with Crippen LogP contribution in [0.1, 0.15) is 54.0 Å². The minimum Gasteiger partial charge on any atom is -0.390 e. The maximum atomic E-state index is 13.2. The number of nitrogens with two attached hydrogens (primary N) is 1. The number of nitriles is 1. The lowest BCUT2D eigenvalue weighted by Gasteiger charge is -2.44. The van der Waals surface area contributed by atoms with E-state index < -0.39 is 11.8 Å². The highest BCUT2D eigenvalue weighted by atomic mass is 32.1. The molecule has 1 saturated heterocycles. The molecule has 5 aromatic rings. The van der Waals surface area contributed by atoms with Crippen LogP contribution in [0.25, 0.3) is 31.0 Å². The Hall–Kier alpha value is -3.48. The number of Topliss-reactive ketones (excluding diaryl/α,β-unsaturated/α-hetero) is 1. The van der Waals surface area contributed by atoms with Gasteiger partial charge in [-0.15, -0.1) is 34.0 Å². The number of alkyl halides is 4. The zero-order chi connectivity index (χ0) is 35.0. The van der Waals surface area contributed by atoms with Crippen LogP contribution < -0.4 is 5.73 Å². The Morgan fingerprint density at radius 2 is 1.36 bits per heavy atom. The van der Waals surface area contributed by atoms with Gasteiger partial charge in [0.2, 0.25) is 0 Å². The van der Waals surface area contributed by atoms with Gasteiger partial charge >= 0.3 is 0 Å². The third-order valence-electron chi connectivity index (χ3n) is 9.72. The van der Waals surface area contributed by atoms with E-state index in [9.17, 15) is 22.4 Å². The van der Waals surface area contributed by atoms with Crippen LogP contribution in [0.15, 0.2) is 48.5 Å². The van der Waals surface area contributed by atoms with Gasteiger partial charge in [0.05, 0.1) is 37.9 Å². The molecule has 3 aromatic heterocycles. The average molecular weight is 741 g/mol. The van der Waals surface area contributed by atoms with Crippen LogP contribution in [0.3, 0.4) is 0 Å². The number of carbonyl (C=O) groups excluding carboxylic acids is 1. The molecule has 4 aliphatic rings. The normalized spacial score (nSPS) is 20.5. The number of halogens is 4. The number of thiophene rings is 1. The van der Waals surface area contributed by atoms with E-state index in [1.807, 2.05) is 47.4 Å². The van der Waals surface area contributed by atoms with E-state index in [0.717, 1.165) is 60.5 Å². The van der Waals surface area contributed by atoms with Gasteiger partial charge in [0.25, 0.3) is 11.8 Å². The second-order valence-corrected chi connectivity index (χ2v) is 16.6. The van der Waals surface area contributed by atoms with E-state index in [4.69, 9.17) is 16.0 Å². The Morgan fingerprint density at radius 1 is 0.800 bits per heavy atom. The summed E-state index contributed by atoms with van der Waals surface area (Å²) in [6.45, 7) is 2.91. The van der Waals surface area contributed by atoms with Gasteiger partial charge in [-0.05, 0) is 36.2 Å². The first kappa shape index (κ1) is 34.9. The van der Waals surface area contributed by atoms with Crippen LogP contribution in [0.5, 0.6) is 0 Å². The van der Waals surface area contributed by atoms with Crippen LogP contribution in [-0.4, -0.2) is 69.1 Å². The minimum atomic E-state index is -2.47. The van der Waals surface area contributed by atoms with Crippen LogP contribution in [0, 0.1) is 11.3 Å². The van der Waals surface area contributed by atoms with Crippen molar-refractivity contribution in [2.45, 2.75) is 81.8 Å². The number of benzene rings is 2. The van der Waals surface area contributed by atoms with Crippen LogP contribution in [-0.2, 0) is 24.2 Å². The molecule has 0 spiro atoms. The molecule has 0 bridgehead atoms. The topological polar surface area (TPSA) is 99.1 Å². The van der Waals surface area contributed by atoms with Crippen LogP contribution in [0.4, 0.5) is 22.6 Å². The number of para-hydroxylation sites is 2. The van der Waals surface area contributed by atoms with Gasteiger partial charge < -0.3 is 5.73 Å². The summed E-state index contributed by atoms with van der Waals surface area (Å²) >= 11 is 4.85.